The van der Waals surface area contributed by atoms with E-state index in [0.717, 1.165) is 28.6 Å². The highest BCUT2D eigenvalue weighted by Crippen LogP contribution is 2.31. The van der Waals surface area contributed by atoms with Crippen molar-refractivity contribution >= 4 is 49.6 Å². The van der Waals surface area contributed by atoms with Crippen LogP contribution in [0.1, 0.15) is 37.9 Å². The number of thiophene rings is 1. The molecule has 6 heteroatoms. The molecule has 2 heterocycles. The van der Waals surface area contributed by atoms with E-state index in [1.54, 1.807) is 0 Å². The van der Waals surface area contributed by atoms with Crippen LogP contribution in [0.3, 0.4) is 0 Å². The molecule has 0 radical (unpaired) electrons. The van der Waals surface area contributed by atoms with E-state index in [-0.39, 0.29) is 11.7 Å². The summed E-state index contributed by atoms with van der Waals surface area (Å²) in [6, 6.07) is 9.78. The third-order valence-electron chi connectivity index (χ3n) is 3.64. The smallest absolute Gasteiger partial charge is 0.267 e. The van der Waals surface area contributed by atoms with Crippen LogP contribution in [0.5, 0.6) is 0 Å². The van der Waals surface area contributed by atoms with Gasteiger partial charge in [-0.05, 0) is 30.4 Å². The van der Waals surface area contributed by atoms with Crippen LogP contribution >= 0.6 is 22.7 Å². The highest BCUT2D eigenvalue weighted by Gasteiger charge is 2.23. The minimum absolute atomic E-state index is 0.140. The van der Waals surface area contributed by atoms with Gasteiger partial charge in [-0.15, -0.1) is 11.3 Å². The highest BCUT2D eigenvalue weighted by molar-refractivity contribution is 7.21. The number of thiazole rings is 1. The van der Waals surface area contributed by atoms with E-state index in [1.807, 2.05) is 30.3 Å². The Morgan fingerprint density at radius 3 is 2.86 bits per heavy atom. The van der Waals surface area contributed by atoms with E-state index < -0.39 is 0 Å². The van der Waals surface area contributed by atoms with Gasteiger partial charge in [0.25, 0.3) is 5.91 Å². The van der Waals surface area contributed by atoms with Crippen LogP contribution in [-0.4, -0.2) is 16.7 Å². The molecule has 1 amide bonds. The molecular weight excluding hydrogens is 316 g/mol. The summed E-state index contributed by atoms with van der Waals surface area (Å²) in [5.74, 6) is -0.0270. The maximum Gasteiger partial charge on any atom is 0.267 e. The van der Waals surface area contributed by atoms with Crippen molar-refractivity contribution in [2.24, 2.45) is 0 Å². The zero-order chi connectivity index (χ0) is 15.1. The van der Waals surface area contributed by atoms with Crippen molar-refractivity contribution in [1.82, 2.24) is 4.98 Å². The van der Waals surface area contributed by atoms with Crippen LogP contribution in [0.2, 0.25) is 0 Å². The summed E-state index contributed by atoms with van der Waals surface area (Å²) in [7, 11) is 0. The topological polar surface area (TPSA) is 59.1 Å². The standard InChI is InChI=1S/C16H12N2O2S2/c19-11-6-3-5-10-14(11)22-16(17-10)18-15(20)13-8-9-4-1-2-7-12(9)21-13/h1-2,4,7-8H,3,5-6H2,(H,17,18,20). The fraction of sp³-hybridized carbons (Fsp3) is 0.188. The summed E-state index contributed by atoms with van der Waals surface area (Å²) in [4.78, 5) is 29.9. The summed E-state index contributed by atoms with van der Waals surface area (Å²) >= 11 is 2.74. The van der Waals surface area contributed by atoms with Gasteiger partial charge in [-0.25, -0.2) is 4.98 Å². The minimum Gasteiger partial charge on any atom is -0.297 e. The zero-order valence-corrected chi connectivity index (χ0v) is 13.2. The number of carbonyl (C=O) groups excluding carboxylic acids is 2. The molecule has 0 spiro atoms. The van der Waals surface area contributed by atoms with Gasteiger partial charge >= 0.3 is 0 Å². The number of ketones is 1. The third-order valence-corrected chi connectivity index (χ3v) is 5.81. The number of carbonyl (C=O) groups is 2. The number of hydrogen-bond acceptors (Lipinski definition) is 5. The minimum atomic E-state index is -0.167. The van der Waals surface area contributed by atoms with Crippen molar-refractivity contribution in [2.45, 2.75) is 19.3 Å². The fourth-order valence-electron chi connectivity index (χ4n) is 2.57. The van der Waals surface area contributed by atoms with Crippen molar-refractivity contribution in [1.29, 1.82) is 0 Å². The average molecular weight is 328 g/mol. The quantitative estimate of drug-likeness (QED) is 0.769. The van der Waals surface area contributed by atoms with Gasteiger partial charge in [0.15, 0.2) is 10.9 Å². The Labute approximate surface area is 134 Å². The molecule has 0 saturated heterocycles. The molecule has 0 fully saturated rings. The van der Waals surface area contributed by atoms with Crippen molar-refractivity contribution in [3.05, 3.63) is 45.8 Å². The Bertz CT molecular complexity index is 862. The number of nitrogens with zero attached hydrogens (tertiary/aromatic N) is 1. The lowest BCUT2D eigenvalue weighted by atomic mass is 10.0. The van der Waals surface area contributed by atoms with Gasteiger partial charge in [0.05, 0.1) is 15.4 Å². The van der Waals surface area contributed by atoms with Crippen molar-refractivity contribution < 1.29 is 9.59 Å². The first kappa shape index (κ1) is 13.6. The molecule has 3 aromatic rings. The van der Waals surface area contributed by atoms with E-state index >= 15 is 0 Å². The van der Waals surface area contributed by atoms with Crippen LogP contribution in [0.15, 0.2) is 30.3 Å². The molecule has 4 rings (SSSR count). The average Bonchev–Trinajstić information content (AvgIpc) is 3.11. The monoisotopic (exact) mass is 328 g/mol. The van der Waals surface area contributed by atoms with Crippen LogP contribution in [0.4, 0.5) is 5.13 Å². The normalized spacial score (nSPS) is 14.1. The lowest BCUT2D eigenvalue weighted by molar-refractivity contribution is 0.0975. The number of fused-ring (bicyclic) bond motifs is 2. The first-order valence-electron chi connectivity index (χ1n) is 7.03. The second kappa shape index (κ2) is 5.30. The summed E-state index contributed by atoms with van der Waals surface area (Å²) in [6.45, 7) is 0. The molecule has 1 N–H and O–H groups in total. The second-order valence-corrected chi connectivity index (χ2v) is 7.26. The van der Waals surface area contributed by atoms with E-state index in [2.05, 4.69) is 10.3 Å². The van der Waals surface area contributed by atoms with Crippen molar-refractivity contribution in [3.8, 4) is 0 Å². The lowest BCUT2D eigenvalue weighted by Gasteiger charge is -2.05. The maximum atomic E-state index is 12.4. The molecule has 2 aromatic heterocycles. The van der Waals surface area contributed by atoms with Crippen LogP contribution in [0.25, 0.3) is 10.1 Å². The summed E-state index contributed by atoms with van der Waals surface area (Å²) < 4.78 is 1.08. The Morgan fingerprint density at radius 1 is 1.18 bits per heavy atom. The molecule has 0 aliphatic heterocycles. The van der Waals surface area contributed by atoms with Gasteiger partial charge in [-0.2, -0.15) is 0 Å². The Hall–Kier alpha value is -2.05. The molecule has 110 valence electrons. The first-order valence-corrected chi connectivity index (χ1v) is 8.67. The number of Topliss-reactive ketones (excluding diaryl/α,β-unsaturated/α-hetero) is 1. The SMILES string of the molecule is O=C(Nc1nc2c(s1)C(=O)CCC2)c1cc2ccccc2s1. The van der Waals surface area contributed by atoms with Gasteiger partial charge in [-0.1, -0.05) is 29.5 Å². The second-order valence-electron chi connectivity index (χ2n) is 5.17. The molecule has 0 unspecified atom stereocenters. The Balaban J connectivity index is 1.60. The van der Waals surface area contributed by atoms with Gasteiger partial charge in [0, 0.05) is 11.1 Å². The lowest BCUT2D eigenvalue weighted by Crippen LogP contribution is -2.10. The number of amides is 1. The molecular formula is C16H12N2O2S2. The van der Waals surface area contributed by atoms with E-state index in [4.69, 9.17) is 0 Å². The maximum absolute atomic E-state index is 12.4. The molecule has 1 aromatic carbocycles. The summed E-state index contributed by atoms with van der Waals surface area (Å²) in [6.07, 6.45) is 2.24. The van der Waals surface area contributed by atoms with Crippen molar-refractivity contribution in [3.63, 3.8) is 0 Å². The molecule has 1 aliphatic carbocycles. The van der Waals surface area contributed by atoms with Crippen LogP contribution < -0.4 is 5.32 Å². The molecule has 1 aliphatic rings. The first-order chi connectivity index (χ1) is 10.7. The van der Waals surface area contributed by atoms with Crippen molar-refractivity contribution in [2.75, 3.05) is 5.32 Å². The molecule has 0 bridgehead atoms. The Kier molecular flexibility index (Phi) is 3.28. The fourth-order valence-corrected chi connectivity index (χ4v) is 4.51. The van der Waals surface area contributed by atoms with Gasteiger partial charge in [0.1, 0.15) is 0 Å². The molecule has 0 saturated carbocycles. The number of aromatic nitrogens is 1. The zero-order valence-electron chi connectivity index (χ0n) is 11.6. The largest absolute Gasteiger partial charge is 0.297 e. The van der Waals surface area contributed by atoms with E-state index in [1.165, 1.54) is 22.7 Å². The predicted octanol–water partition coefficient (Wildman–Crippen LogP) is 4.13. The number of anilines is 1. The number of aryl methyl sites for hydroxylation is 1. The number of rotatable bonds is 2. The number of hydrogen-bond donors (Lipinski definition) is 1. The summed E-state index contributed by atoms with van der Waals surface area (Å²) in [5.41, 5.74) is 0.827. The Morgan fingerprint density at radius 2 is 2.05 bits per heavy atom. The molecule has 22 heavy (non-hydrogen) atoms. The van der Waals surface area contributed by atoms with E-state index in [9.17, 15) is 9.59 Å². The molecule has 4 nitrogen and oxygen atoms in total. The predicted molar refractivity (Wildman–Crippen MR) is 89.2 cm³/mol. The van der Waals surface area contributed by atoms with Gasteiger partial charge in [-0.3, -0.25) is 14.9 Å². The third kappa shape index (κ3) is 2.34. The van der Waals surface area contributed by atoms with Gasteiger partial charge in [0.2, 0.25) is 0 Å². The van der Waals surface area contributed by atoms with Crippen LogP contribution in [-0.2, 0) is 6.42 Å². The van der Waals surface area contributed by atoms with Crippen LogP contribution in [0, 0.1) is 0 Å². The number of nitrogens with one attached hydrogen (secondary N) is 1. The molecule has 0 atom stereocenters. The van der Waals surface area contributed by atoms with Gasteiger partial charge < -0.3 is 0 Å². The van der Waals surface area contributed by atoms with E-state index in [0.29, 0.717) is 21.3 Å². The summed E-state index contributed by atoms with van der Waals surface area (Å²) in [5, 5.41) is 4.40. The number of benzene rings is 1. The highest BCUT2D eigenvalue weighted by atomic mass is 32.1.